The minimum absolute atomic E-state index is 0.350. The SMILES string of the molecule is COCc1cc(CCc2nc(NCc3ccc(OC)cc3)nn2CCc2cc(OCc3nc4ccccc4s3)nc(C)n2)ccc1OC. The Balaban J connectivity index is 1.16. The molecule has 0 aliphatic heterocycles. The number of ether oxygens (including phenoxy) is 4. The van der Waals surface area contributed by atoms with Crippen LogP contribution in [-0.2, 0) is 50.3 Å². The number of nitrogens with one attached hydrogen (secondary N) is 1. The number of hydrogen-bond donors (Lipinski definition) is 1. The highest BCUT2D eigenvalue weighted by Crippen LogP contribution is 2.24. The Morgan fingerprint density at radius 3 is 2.42 bits per heavy atom. The molecule has 0 aliphatic carbocycles. The number of methoxy groups -OCH3 is 3. The van der Waals surface area contributed by atoms with E-state index in [0.29, 0.717) is 56.8 Å². The molecule has 0 unspecified atom stereocenters. The molecule has 11 nitrogen and oxygen atoms in total. The maximum atomic E-state index is 6.07. The van der Waals surface area contributed by atoms with E-state index in [9.17, 15) is 0 Å². The molecule has 0 spiro atoms. The van der Waals surface area contributed by atoms with Crippen molar-refractivity contribution in [1.82, 2.24) is 29.7 Å². The number of hydrogen-bond acceptors (Lipinski definition) is 11. The number of aromatic nitrogens is 6. The van der Waals surface area contributed by atoms with Crippen LogP contribution in [0.15, 0.2) is 72.8 Å². The number of benzene rings is 3. The van der Waals surface area contributed by atoms with Gasteiger partial charge in [0.15, 0.2) is 0 Å². The van der Waals surface area contributed by atoms with E-state index < -0.39 is 0 Å². The smallest absolute Gasteiger partial charge is 0.242 e. The molecule has 48 heavy (non-hydrogen) atoms. The van der Waals surface area contributed by atoms with Crippen molar-refractivity contribution in [2.45, 2.75) is 52.5 Å². The molecule has 0 bridgehead atoms. The third-order valence-corrected chi connectivity index (χ3v) is 8.78. The molecule has 1 N–H and O–H groups in total. The summed E-state index contributed by atoms with van der Waals surface area (Å²) < 4.78 is 25.4. The van der Waals surface area contributed by atoms with E-state index in [4.69, 9.17) is 29.0 Å². The van der Waals surface area contributed by atoms with Crippen LogP contribution < -0.4 is 19.5 Å². The molecule has 3 aromatic carbocycles. The van der Waals surface area contributed by atoms with Crippen LogP contribution in [0.2, 0.25) is 0 Å². The summed E-state index contributed by atoms with van der Waals surface area (Å²) in [5.74, 6) is 4.28. The molecule has 6 rings (SSSR count). The number of thiazole rings is 1. The molecule has 0 aliphatic rings. The van der Waals surface area contributed by atoms with Crippen molar-refractivity contribution in [3.05, 3.63) is 112 Å². The lowest BCUT2D eigenvalue weighted by Crippen LogP contribution is -2.11. The monoisotopic (exact) mass is 665 g/mol. The van der Waals surface area contributed by atoms with Crippen LogP contribution in [0.4, 0.5) is 5.95 Å². The summed E-state index contributed by atoms with van der Waals surface area (Å²) in [5.41, 5.74) is 5.14. The van der Waals surface area contributed by atoms with Gasteiger partial charge in [0.25, 0.3) is 0 Å². The molecule has 0 saturated heterocycles. The quantitative estimate of drug-likeness (QED) is 0.125. The summed E-state index contributed by atoms with van der Waals surface area (Å²) in [6.45, 7) is 3.90. The first-order valence-electron chi connectivity index (χ1n) is 15.8. The van der Waals surface area contributed by atoms with Gasteiger partial charge in [-0.3, -0.25) is 0 Å². The maximum absolute atomic E-state index is 6.07. The second-order valence-corrected chi connectivity index (χ2v) is 12.3. The van der Waals surface area contributed by atoms with Crippen molar-refractivity contribution in [2.75, 3.05) is 26.6 Å². The van der Waals surface area contributed by atoms with Crippen molar-refractivity contribution >= 4 is 27.5 Å². The largest absolute Gasteiger partial charge is 0.497 e. The van der Waals surface area contributed by atoms with E-state index in [1.165, 1.54) is 5.56 Å². The third kappa shape index (κ3) is 8.44. The highest BCUT2D eigenvalue weighted by Gasteiger charge is 2.14. The number of fused-ring (bicyclic) bond motifs is 1. The minimum Gasteiger partial charge on any atom is -0.497 e. The molecule has 0 amide bonds. The number of aryl methyl sites for hydroxylation is 5. The fourth-order valence-electron chi connectivity index (χ4n) is 5.39. The Hall–Kier alpha value is -5.07. The van der Waals surface area contributed by atoms with Gasteiger partial charge in [-0.2, -0.15) is 9.97 Å². The number of rotatable bonds is 16. The van der Waals surface area contributed by atoms with Gasteiger partial charge in [-0.15, -0.1) is 16.4 Å². The maximum Gasteiger partial charge on any atom is 0.242 e. The zero-order chi connectivity index (χ0) is 33.3. The zero-order valence-corrected chi connectivity index (χ0v) is 28.4. The molecular formula is C36H39N7O4S. The van der Waals surface area contributed by atoms with Crippen LogP contribution in [-0.4, -0.2) is 51.0 Å². The van der Waals surface area contributed by atoms with E-state index in [-0.39, 0.29) is 0 Å². The molecule has 248 valence electrons. The average molecular weight is 666 g/mol. The predicted octanol–water partition coefficient (Wildman–Crippen LogP) is 6.37. The summed E-state index contributed by atoms with van der Waals surface area (Å²) in [6.07, 6.45) is 2.12. The van der Waals surface area contributed by atoms with E-state index in [2.05, 4.69) is 38.5 Å². The number of para-hydroxylation sites is 1. The standard InChI is InChI=1S/C36H39N7O4S/c1-24-38-28(20-34(39-24)47-23-35-40-30-7-5-6-8-32(30)48-35)17-18-43-33(16-12-25-11-15-31(46-4)27(19-25)22-44-2)41-36(42-43)37-21-26-9-13-29(45-3)14-10-26/h5-11,13-15,19-20H,12,16-18,21-23H2,1-4H3,(H,37,42). The number of anilines is 1. The fourth-order valence-corrected chi connectivity index (χ4v) is 6.27. The summed E-state index contributed by atoms with van der Waals surface area (Å²) in [7, 11) is 5.02. The van der Waals surface area contributed by atoms with E-state index in [1.807, 2.05) is 66.2 Å². The lowest BCUT2D eigenvalue weighted by Gasteiger charge is -2.11. The molecule has 0 saturated carbocycles. The van der Waals surface area contributed by atoms with Crippen molar-refractivity contribution < 1.29 is 18.9 Å². The highest BCUT2D eigenvalue weighted by molar-refractivity contribution is 7.18. The Kier molecular flexibility index (Phi) is 10.7. The predicted molar refractivity (Wildman–Crippen MR) is 186 cm³/mol. The summed E-state index contributed by atoms with van der Waals surface area (Å²) in [4.78, 5) is 18.8. The second-order valence-electron chi connectivity index (χ2n) is 11.2. The highest BCUT2D eigenvalue weighted by atomic mass is 32.1. The van der Waals surface area contributed by atoms with Gasteiger partial charge in [0.1, 0.15) is 34.8 Å². The molecule has 0 fully saturated rings. The minimum atomic E-state index is 0.350. The summed E-state index contributed by atoms with van der Waals surface area (Å²) in [6, 6.07) is 24.1. The van der Waals surface area contributed by atoms with E-state index in [0.717, 1.165) is 55.8 Å². The van der Waals surface area contributed by atoms with Gasteiger partial charge in [-0.25, -0.2) is 14.6 Å². The summed E-state index contributed by atoms with van der Waals surface area (Å²) in [5, 5.41) is 9.14. The Morgan fingerprint density at radius 1 is 0.792 bits per heavy atom. The number of nitrogens with zero attached hydrogens (tertiary/aromatic N) is 6. The topological polar surface area (TPSA) is 118 Å². The molecule has 3 heterocycles. The zero-order valence-electron chi connectivity index (χ0n) is 27.6. The van der Waals surface area contributed by atoms with Gasteiger partial charge in [0, 0.05) is 50.4 Å². The van der Waals surface area contributed by atoms with E-state index in [1.54, 1.807) is 32.7 Å². The molecule has 12 heteroatoms. The van der Waals surface area contributed by atoms with Crippen LogP contribution in [0.3, 0.4) is 0 Å². The Labute approximate surface area is 283 Å². The van der Waals surface area contributed by atoms with Gasteiger partial charge in [-0.05, 0) is 60.9 Å². The van der Waals surface area contributed by atoms with Crippen LogP contribution in [0.1, 0.15) is 39.0 Å². The Morgan fingerprint density at radius 2 is 1.62 bits per heavy atom. The van der Waals surface area contributed by atoms with Gasteiger partial charge in [-0.1, -0.05) is 30.3 Å². The van der Waals surface area contributed by atoms with Gasteiger partial charge < -0.3 is 24.3 Å². The first kappa shape index (κ1) is 32.9. The van der Waals surface area contributed by atoms with Gasteiger partial charge >= 0.3 is 0 Å². The van der Waals surface area contributed by atoms with Crippen LogP contribution in [0.5, 0.6) is 17.4 Å². The van der Waals surface area contributed by atoms with Crippen molar-refractivity contribution in [1.29, 1.82) is 0 Å². The fraction of sp³-hybridized carbons (Fsp3) is 0.306. The van der Waals surface area contributed by atoms with Crippen molar-refractivity contribution in [2.24, 2.45) is 0 Å². The molecule has 6 aromatic rings. The lowest BCUT2D eigenvalue weighted by atomic mass is 10.1. The Bertz CT molecular complexity index is 1930. The normalized spacial score (nSPS) is 11.2. The first-order valence-corrected chi connectivity index (χ1v) is 16.6. The lowest BCUT2D eigenvalue weighted by molar-refractivity contribution is 0.181. The second kappa shape index (κ2) is 15.7. The van der Waals surface area contributed by atoms with E-state index >= 15 is 0 Å². The molecule has 0 radical (unpaired) electrons. The molecule has 3 aromatic heterocycles. The van der Waals surface area contributed by atoms with Crippen LogP contribution in [0.25, 0.3) is 10.2 Å². The van der Waals surface area contributed by atoms with Gasteiger partial charge in [0.2, 0.25) is 11.8 Å². The van der Waals surface area contributed by atoms with Crippen molar-refractivity contribution in [3.63, 3.8) is 0 Å². The molecule has 0 atom stereocenters. The van der Waals surface area contributed by atoms with Crippen LogP contribution in [0, 0.1) is 6.92 Å². The van der Waals surface area contributed by atoms with Crippen LogP contribution >= 0.6 is 11.3 Å². The third-order valence-electron chi connectivity index (χ3n) is 7.77. The summed E-state index contributed by atoms with van der Waals surface area (Å²) >= 11 is 1.63. The first-order chi connectivity index (χ1) is 23.5. The van der Waals surface area contributed by atoms with Crippen molar-refractivity contribution in [3.8, 4) is 17.4 Å². The molecular weight excluding hydrogens is 627 g/mol. The van der Waals surface area contributed by atoms with Gasteiger partial charge in [0.05, 0.1) is 31.0 Å². The average Bonchev–Trinajstić information content (AvgIpc) is 3.71.